The lowest BCUT2D eigenvalue weighted by Crippen LogP contribution is -2.28. The fourth-order valence-electron chi connectivity index (χ4n) is 3.49. The Morgan fingerprint density at radius 2 is 1.71 bits per heavy atom. The van der Waals surface area contributed by atoms with Crippen molar-refractivity contribution < 1.29 is 17.9 Å². The number of methoxy groups -OCH3 is 1. The van der Waals surface area contributed by atoms with Crippen LogP contribution < -0.4 is 14.8 Å². The number of sulfonamides is 1. The number of carbonyl (C=O) groups excluding carboxylic acids is 1. The number of nitrogens with one attached hydrogen (secondary N) is 2. The minimum Gasteiger partial charge on any atom is -0.495 e. The van der Waals surface area contributed by atoms with Crippen LogP contribution in [0.4, 0.5) is 5.69 Å². The third kappa shape index (κ3) is 7.07. The summed E-state index contributed by atoms with van der Waals surface area (Å²) in [6.45, 7) is 4.05. The van der Waals surface area contributed by atoms with Crippen molar-refractivity contribution in [3.05, 3.63) is 89.5 Å². The van der Waals surface area contributed by atoms with Gasteiger partial charge in [-0.05, 0) is 62.8 Å². The molecule has 7 nitrogen and oxygen atoms in total. The number of ether oxygens (including phenoxy) is 1. The molecule has 0 aliphatic heterocycles. The first-order chi connectivity index (χ1) is 16.3. The third-order valence-electron chi connectivity index (χ3n) is 5.32. The first-order valence-corrected chi connectivity index (χ1v) is 12.5. The Hall–Kier alpha value is -3.36. The Kier molecular flexibility index (Phi) is 8.67. The van der Waals surface area contributed by atoms with Crippen LogP contribution in [-0.4, -0.2) is 46.5 Å². The smallest absolute Gasteiger partial charge is 0.265 e. The summed E-state index contributed by atoms with van der Waals surface area (Å²) < 4.78 is 33.8. The van der Waals surface area contributed by atoms with Gasteiger partial charge in [0, 0.05) is 24.3 Å². The maximum atomic E-state index is 13.0. The van der Waals surface area contributed by atoms with Crippen molar-refractivity contribution >= 4 is 21.6 Å². The van der Waals surface area contributed by atoms with E-state index in [1.165, 1.54) is 24.8 Å². The summed E-state index contributed by atoms with van der Waals surface area (Å²) in [5.41, 5.74) is 2.94. The van der Waals surface area contributed by atoms with Gasteiger partial charge in [0.15, 0.2) is 0 Å². The van der Waals surface area contributed by atoms with E-state index >= 15 is 0 Å². The van der Waals surface area contributed by atoms with Gasteiger partial charge in [-0.1, -0.05) is 48.0 Å². The van der Waals surface area contributed by atoms with E-state index in [4.69, 9.17) is 4.74 Å². The van der Waals surface area contributed by atoms with Gasteiger partial charge in [-0.2, -0.15) is 0 Å². The average molecular weight is 482 g/mol. The molecule has 0 spiro atoms. The molecule has 0 aromatic heterocycles. The van der Waals surface area contributed by atoms with Crippen molar-refractivity contribution in [3.8, 4) is 5.75 Å². The van der Waals surface area contributed by atoms with Gasteiger partial charge in [-0.15, -0.1) is 0 Å². The van der Waals surface area contributed by atoms with E-state index in [0.29, 0.717) is 12.2 Å². The van der Waals surface area contributed by atoms with Crippen LogP contribution in [0.25, 0.3) is 0 Å². The molecule has 0 aliphatic carbocycles. The van der Waals surface area contributed by atoms with E-state index in [2.05, 4.69) is 27.1 Å². The molecule has 0 aliphatic rings. The number of aryl methyl sites for hydroxylation is 1. The normalized spacial score (nSPS) is 11.3. The predicted octanol–water partition coefficient (Wildman–Crippen LogP) is 4.06. The zero-order valence-electron chi connectivity index (χ0n) is 19.7. The highest BCUT2D eigenvalue weighted by atomic mass is 32.2. The molecule has 0 radical (unpaired) electrons. The summed E-state index contributed by atoms with van der Waals surface area (Å²) in [4.78, 5) is 14.8. The van der Waals surface area contributed by atoms with Crippen molar-refractivity contribution in [1.82, 2.24) is 10.2 Å². The number of rotatable bonds is 11. The number of amides is 1. The highest BCUT2D eigenvalue weighted by Crippen LogP contribution is 2.27. The molecule has 2 N–H and O–H groups in total. The predicted molar refractivity (Wildman–Crippen MR) is 135 cm³/mol. The molecule has 1 amide bonds. The molecule has 0 fully saturated rings. The van der Waals surface area contributed by atoms with Crippen molar-refractivity contribution in [1.29, 1.82) is 0 Å². The molecule has 0 unspecified atom stereocenters. The molecule has 0 atom stereocenters. The molecular weight excluding hydrogens is 450 g/mol. The molecule has 3 aromatic rings. The van der Waals surface area contributed by atoms with Gasteiger partial charge in [-0.3, -0.25) is 9.52 Å². The summed E-state index contributed by atoms with van der Waals surface area (Å²) in [7, 11) is -0.520. The summed E-state index contributed by atoms with van der Waals surface area (Å²) in [6.07, 6.45) is 0.769. The van der Waals surface area contributed by atoms with Crippen LogP contribution in [-0.2, 0) is 16.6 Å². The number of nitrogens with zero attached hydrogens (tertiary/aromatic N) is 1. The van der Waals surface area contributed by atoms with E-state index in [-0.39, 0.29) is 22.1 Å². The molecule has 0 heterocycles. The number of hydrogen-bond acceptors (Lipinski definition) is 5. The maximum absolute atomic E-state index is 13.0. The second kappa shape index (κ2) is 11.7. The third-order valence-corrected chi connectivity index (χ3v) is 6.72. The second-order valence-corrected chi connectivity index (χ2v) is 9.82. The zero-order valence-corrected chi connectivity index (χ0v) is 20.6. The van der Waals surface area contributed by atoms with E-state index < -0.39 is 10.0 Å². The zero-order chi connectivity index (χ0) is 24.6. The molecule has 34 heavy (non-hydrogen) atoms. The van der Waals surface area contributed by atoms with Crippen LogP contribution in [0.5, 0.6) is 5.75 Å². The van der Waals surface area contributed by atoms with E-state index in [1.54, 1.807) is 18.2 Å². The largest absolute Gasteiger partial charge is 0.495 e. The molecular formula is C26H31N3O4S. The van der Waals surface area contributed by atoms with Gasteiger partial charge in [-0.25, -0.2) is 8.42 Å². The first kappa shape index (κ1) is 25.3. The maximum Gasteiger partial charge on any atom is 0.265 e. The van der Waals surface area contributed by atoms with Gasteiger partial charge in [0.2, 0.25) is 0 Å². The van der Waals surface area contributed by atoms with Crippen molar-refractivity contribution in [2.75, 3.05) is 32.0 Å². The van der Waals surface area contributed by atoms with Gasteiger partial charge >= 0.3 is 0 Å². The van der Waals surface area contributed by atoms with Crippen molar-refractivity contribution in [2.45, 2.75) is 24.8 Å². The van der Waals surface area contributed by atoms with Gasteiger partial charge in [0.25, 0.3) is 15.9 Å². The van der Waals surface area contributed by atoms with Gasteiger partial charge < -0.3 is 15.0 Å². The molecule has 180 valence electrons. The number of carbonyl (C=O) groups is 1. The van der Waals surface area contributed by atoms with Crippen LogP contribution >= 0.6 is 0 Å². The molecule has 3 aromatic carbocycles. The van der Waals surface area contributed by atoms with Crippen LogP contribution in [0.2, 0.25) is 0 Å². The Bertz CT molecular complexity index is 1200. The molecule has 0 saturated heterocycles. The Balaban J connectivity index is 1.60. The first-order valence-electron chi connectivity index (χ1n) is 11.1. The SMILES string of the molecule is COc1ccc(C(=O)NCCCN(C)Cc2ccccc2)cc1S(=O)(=O)Nc1ccc(C)cc1. The molecule has 8 heteroatoms. The highest BCUT2D eigenvalue weighted by Gasteiger charge is 2.22. The Labute approximate surface area is 201 Å². The molecule has 3 rings (SSSR count). The molecule has 0 saturated carbocycles. The lowest BCUT2D eigenvalue weighted by atomic mass is 10.2. The minimum absolute atomic E-state index is 0.0918. The van der Waals surface area contributed by atoms with Crippen LogP contribution in [0, 0.1) is 6.92 Å². The van der Waals surface area contributed by atoms with Crippen LogP contribution in [0.1, 0.15) is 27.9 Å². The monoisotopic (exact) mass is 481 g/mol. The standard InChI is InChI=1S/C26H31N3O4S/c1-20-10-13-23(14-11-20)28-34(31,32)25-18-22(12-15-24(25)33-3)26(30)27-16-7-17-29(2)19-21-8-5-4-6-9-21/h4-6,8-15,18,28H,7,16-17,19H2,1-3H3,(H,27,30). The number of benzene rings is 3. The second-order valence-electron chi connectivity index (χ2n) is 8.17. The van der Waals surface area contributed by atoms with E-state index in [0.717, 1.165) is 25.1 Å². The lowest BCUT2D eigenvalue weighted by Gasteiger charge is -2.17. The average Bonchev–Trinajstić information content (AvgIpc) is 2.83. The Morgan fingerprint density at radius 1 is 1.00 bits per heavy atom. The Morgan fingerprint density at radius 3 is 2.38 bits per heavy atom. The van der Waals surface area contributed by atoms with Crippen molar-refractivity contribution in [3.63, 3.8) is 0 Å². The fourth-order valence-corrected chi connectivity index (χ4v) is 4.74. The summed E-state index contributed by atoms with van der Waals surface area (Å²) in [5.74, 6) is -0.168. The number of anilines is 1. The minimum atomic E-state index is -3.95. The molecule has 0 bridgehead atoms. The highest BCUT2D eigenvalue weighted by molar-refractivity contribution is 7.92. The quantitative estimate of drug-likeness (QED) is 0.404. The summed E-state index contributed by atoms with van der Waals surface area (Å²) in [5, 5.41) is 2.87. The summed E-state index contributed by atoms with van der Waals surface area (Å²) >= 11 is 0. The lowest BCUT2D eigenvalue weighted by molar-refractivity contribution is 0.0951. The van der Waals surface area contributed by atoms with Gasteiger partial charge in [0.1, 0.15) is 10.6 Å². The van der Waals surface area contributed by atoms with E-state index in [9.17, 15) is 13.2 Å². The summed E-state index contributed by atoms with van der Waals surface area (Å²) in [6, 6.07) is 21.6. The van der Waals surface area contributed by atoms with Crippen LogP contribution in [0.3, 0.4) is 0 Å². The number of hydrogen-bond donors (Lipinski definition) is 2. The fraction of sp³-hybridized carbons (Fsp3) is 0.269. The van der Waals surface area contributed by atoms with E-state index in [1.807, 2.05) is 44.3 Å². The topological polar surface area (TPSA) is 87.7 Å². The van der Waals surface area contributed by atoms with Crippen LogP contribution in [0.15, 0.2) is 77.7 Å². The van der Waals surface area contributed by atoms with Crippen molar-refractivity contribution in [2.24, 2.45) is 0 Å². The van der Waals surface area contributed by atoms with Gasteiger partial charge in [0.05, 0.1) is 7.11 Å².